The fourth-order valence-electron chi connectivity index (χ4n) is 3.79. The number of amides is 1. The maximum atomic E-state index is 12.5. The summed E-state index contributed by atoms with van der Waals surface area (Å²) in [5.41, 5.74) is 0.542. The molecule has 33 heavy (non-hydrogen) atoms. The molecule has 0 bridgehead atoms. The molecule has 1 amide bonds. The first-order valence-electron chi connectivity index (χ1n) is 10.7. The summed E-state index contributed by atoms with van der Waals surface area (Å²) in [6.07, 6.45) is 2.06. The average Bonchev–Trinajstić information content (AvgIpc) is 2.81. The number of rotatable bonds is 9. The first kappa shape index (κ1) is 24.5. The van der Waals surface area contributed by atoms with Gasteiger partial charge in [-0.3, -0.25) is 14.9 Å². The average molecular weight is 477 g/mol. The summed E-state index contributed by atoms with van der Waals surface area (Å²) < 4.78 is 32.1. The summed E-state index contributed by atoms with van der Waals surface area (Å²) in [5.74, 6) is 0.472. The van der Waals surface area contributed by atoms with E-state index in [1.54, 1.807) is 12.1 Å². The lowest BCUT2D eigenvalue weighted by Crippen LogP contribution is -2.35. The second-order valence-electron chi connectivity index (χ2n) is 7.98. The standard InChI is InChI=1S/C22H28N4O6S/c1-16-4-3-13-25(15-16)20-10-5-17(14-21(20)26(28)29)22(27)23-11-12-24-33(30,31)19-8-6-18(32-2)7-9-19/h5-10,14,16,24H,3-4,11-13,15H2,1-2H3,(H,23,27). The van der Waals surface area contributed by atoms with Gasteiger partial charge >= 0.3 is 0 Å². The molecule has 0 radical (unpaired) electrons. The number of methoxy groups -OCH3 is 1. The van der Waals surface area contributed by atoms with E-state index < -0.39 is 20.9 Å². The minimum absolute atomic E-state index is 0.0212. The molecule has 0 spiro atoms. The molecule has 1 heterocycles. The highest BCUT2D eigenvalue weighted by Gasteiger charge is 2.25. The van der Waals surface area contributed by atoms with E-state index >= 15 is 0 Å². The largest absolute Gasteiger partial charge is 0.497 e. The van der Waals surface area contributed by atoms with Crippen LogP contribution in [0.25, 0.3) is 0 Å². The number of nitrogens with zero attached hydrogens (tertiary/aromatic N) is 2. The molecule has 1 unspecified atom stereocenters. The zero-order chi connectivity index (χ0) is 24.0. The maximum absolute atomic E-state index is 12.5. The van der Waals surface area contributed by atoms with Crippen LogP contribution in [0.1, 0.15) is 30.1 Å². The lowest BCUT2D eigenvalue weighted by Gasteiger charge is -2.32. The molecule has 1 saturated heterocycles. The Bertz CT molecular complexity index is 1100. The van der Waals surface area contributed by atoms with Crippen LogP contribution >= 0.6 is 0 Å². The van der Waals surface area contributed by atoms with Crippen molar-refractivity contribution in [3.05, 3.63) is 58.1 Å². The van der Waals surface area contributed by atoms with Gasteiger partial charge in [-0.1, -0.05) is 6.92 Å². The minimum Gasteiger partial charge on any atom is -0.497 e. The second kappa shape index (κ2) is 10.6. The van der Waals surface area contributed by atoms with Gasteiger partial charge in [0.25, 0.3) is 11.6 Å². The first-order chi connectivity index (χ1) is 15.7. The summed E-state index contributed by atoms with van der Waals surface area (Å²) in [5, 5.41) is 14.2. The van der Waals surface area contributed by atoms with Gasteiger partial charge in [0.05, 0.1) is 16.9 Å². The molecule has 0 aromatic heterocycles. The predicted molar refractivity (Wildman–Crippen MR) is 124 cm³/mol. The van der Waals surface area contributed by atoms with E-state index in [4.69, 9.17) is 4.74 Å². The molecular weight excluding hydrogens is 448 g/mol. The van der Waals surface area contributed by atoms with Crippen LogP contribution < -0.4 is 19.7 Å². The summed E-state index contributed by atoms with van der Waals surface area (Å²) in [4.78, 5) is 25.7. The summed E-state index contributed by atoms with van der Waals surface area (Å²) in [6.45, 7) is 3.58. The van der Waals surface area contributed by atoms with E-state index in [1.165, 1.54) is 37.4 Å². The van der Waals surface area contributed by atoms with Crippen molar-refractivity contribution >= 4 is 27.3 Å². The van der Waals surface area contributed by atoms with Gasteiger partial charge in [-0.25, -0.2) is 13.1 Å². The molecule has 0 aliphatic carbocycles. The molecule has 0 saturated carbocycles. The fourth-order valence-corrected chi connectivity index (χ4v) is 4.82. The van der Waals surface area contributed by atoms with Crippen LogP contribution in [0.5, 0.6) is 5.75 Å². The molecule has 2 aromatic rings. The van der Waals surface area contributed by atoms with Crippen molar-refractivity contribution < 1.29 is 22.9 Å². The van der Waals surface area contributed by atoms with Crippen molar-refractivity contribution in [2.24, 2.45) is 5.92 Å². The Morgan fingerprint density at radius 2 is 1.94 bits per heavy atom. The Labute approximate surface area is 193 Å². The van der Waals surface area contributed by atoms with Crippen LogP contribution in [0.3, 0.4) is 0 Å². The smallest absolute Gasteiger partial charge is 0.293 e. The molecule has 1 aliphatic heterocycles. The number of hydrogen-bond donors (Lipinski definition) is 2. The molecule has 3 rings (SSSR count). The SMILES string of the molecule is COc1ccc(S(=O)(=O)NCCNC(=O)c2ccc(N3CCCC(C)C3)c([N+](=O)[O-])c2)cc1. The Hall–Kier alpha value is -3.18. The van der Waals surface area contributed by atoms with Crippen molar-refractivity contribution in [3.8, 4) is 5.75 Å². The third-order valence-electron chi connectivity index (χ3n) is 5.50. The van der Waals surface area contributed by atoms with Crippen molar-refractivity contribution in [1.82, 2.24) is 10.0 Å². The van der Waals surface area contributed by atoms with Crippen LogP contribution in [-0.2, 0) is 10.0 Å². The summed E-state index contributed by atoms with van der Waals surface area (Å²) in [6, 6.07) is 10.4. The van der Waals surface area contributed by atoms with Gasteiger partial charge in [0, 0.05) is 37.8 Å². The van der Waals surface area contributed by atoms with Crippen molar-refractivity contribution in [2.45, 2.75) is 24.7 Å². The van der Waals surface area contributed by atoms with Gasteiger partial charge in [-0.05, 0) is 55.2 Å². The normalized spacial score (nSPS) is 16.3. The van der Waals surface area contributed by atoms with Crippen molar-refractivity contribution in [3.63, 3.8) is 0 Å². The molecule has 10 nitrogen and oxygen atoms in total. The minimum atomic E-state index is -3.74. The zero-order valence-corrected chi connectivity index (χ0v) is 19.4. The molecule has 2 N–H and O–H groups in total. The zero-order valence-electron chi connectivity index (χ0n) is 18.6. The lowest BCUT2D eigenvalue weighted by atomic mass is 9.99. The van der Waals surface area contributed by atoms with E-state index in [1.807, 2.05) is 4.90 Å². The van der Waals surface area contributed by atoms with Crippen molar-refractivity contribution in [1.29, 1.82) is 0 Å². The number of anilines is 1. The number of nitrogens with one attached hydrogen (secondary N) is 2. The van der Waals surface area contributed by atoms with E-state index in [2.05, 4.69) is 17.0 Å². The number of hydrogen-bond acceptors (Lipinski definition) is 7. The molecule has 11 heteroatoms. The highest BCUT2D eigenvalue weighted by atomic mass is 32.2. The van der Waals surface area contributed by atoms with Gasteiger partial charge < -0.3 is 15.0 Å². The van der Waals surface area contributed by atoms with Crippen LogP contribution in [0.4, 0.5) is 11.4 Å². The molecule has 178 valence electrons. The van der Waals surface area contributed by atoms with E-state index in [0.717, 1.165) is 25.9 Å². The number of nitro groups is 1. The topological polar surface area (TPSA) is 131 Å². The third kappa shape index (κ3) is 6.20. The molecule has 2 aromatic carbocycles. The van der Waals surface area contributed by atoms with Crippen LogP contribution in [0, 0.1) is 16.0 Å². The molecular formula is C22H28N4O6S. The van der Waals surface area contributed by atoms with Gasteiger partial charge in [0.1, 0.15) is 11.4 Å². The quantitative estimate of drug-likeness (QED) is 0.323. The van der Waals surface area contributed by atoms with Crippen LogP contribution in [0.15, 0.2) is 47.4 Å². The number of sulfonamides is 1. The Morgan fingerprint density at radius 3 is 2.58 bits per heavy atom. The van der Waals surface area contributed by atoms with E-state index in [-0.39, 0.29) is 29.2 Å². The highest BCUT2D eigenvalue weighted by molar-refractivity contribution is 7.89. The number of carbonyl (C=O) groups excluding carboxylic acids is 1. The molecule has 1 atom stereocenters. The Balaban J connectivity index is 1.59. The van der Waals surface area contributed by atoms with Crippen LogP contribution in [0.2, 0.25) is 0 Å². The summed E-state index contributed by atoms with van der Waals surface area (Å²) >= 11 is 0. The number of ether oxygens (including phenoxy) is 1. The summed E-state index contributed by atoms with van der Waals surface area (Å²) in [7, 11) is -2.25. The first-order valence-corrected chi connectivity index (χ1v) is 12.1. The van der Waals surface area contributed by atoms with Gasteiger partial charge in [0.2, 0.25) is 10.0 Å². The number of carbonyl (C=O) groups is 1. The lowest BCUT2D eigenvalue weighted by molar-refractivity contribution is -0.384. The molecule has 1 fully saturated rings. The monoisotopic (exact) mass is 476 g/mol. The maximum Gasteiger partial charge on any atom is 0.293 e. The molecule has 1 aliphatic rings. The highest BCUT2D eigenvalue weighted by Crippen LogP contribution is 2.32. The van der Waals surface area contributed by atoms with Crippen LogP contribution in [-0.4, -0.2) is 52.5 Å². The van der Waals surface area contributed by atoms with E-state index in [9.17, 15) is 23.3 Å². The number of benzene rings is 2. The fraction of sp³-hybridized carbons (Fsp3) is 0.409. The number of nitro benzene ring substituents is 1. The Kier molecular flexibility index (Phi) is 7.88. The second-order valence-corrected chi connectivity index (χ2v) is 9.75. The van der Waals surface area contributed by atoms with Gasteiger partial charge in [-0.15, -0.1) is 0 Å². The number of piperidine rings is 1. The van der Waals surface area contributed by atoms with Crippen molar-refractivity contribution in [2.75, 3.05) is 38.2 Å². The van der Waals surface area contributed by atoms with Gasteiger partial charge in [-0.2, -0.15) is 0 Å². The van der Waals surface area contributed by atoms with Gasteiger partial charge in [0.15, 0.2) is 0 Å². The van der Waals surface area contributed by atoms with E-state index in [0.29, 0.717) is 17.4 Å². The Morgan fingerprint density at radius 1 is 1.21 bits per heavy atom. The predicted octanol–water partition coefficient (Wildman–Crippen LogP) is 2.55. The third-order valence-corrected chi connectivity index (χ3v) is 6.98.